The Balaban J connectivity index is 2.76. The van der Waals surface area contributed by atoms with Crippen molar-refractivity contribution in [2.24, 2.45) is 0 Å². The second-order valence-corrected chi connectivity index (χ2v) is 4.89. The van der Waals surface area contributed by atoms with Gasteiger partial charge in [0.15, 0.2) is 6.29 Å². The summed E-state index contributed by atoms with van der Waals surface area (Å²) in [6.45, 7) is 3.81. The molecular formula is C12H10BrClN2O. The van der Waals surface area contributed by atoms with E-state index in [0.717, 1.165) is 22.1 Å². The Labute approximate surface area is 113 Å². The molecule has 88 valence electrons. The Hall–Kier alpha value is -1.13. The molecule has 5 heteroatoms. The fourth-order valence-electron chi connectivity index (χ4n) is 1.69. The van der Waals surface area contributed by atoms with Crippen LogP contribution in [0.3, 0.4) is 0 Å². The van der Waals surface area contributed by atoms with Crippen molar-refractivity contribution in [1.82, 2.24) is 9.78 Å². The minimum absolute atomic E-state index is 0.507. The number of aldehydes is 1. The van der Waals surface area contributed by atoms with Crippen LogP contribution in [0.4, 0.5) is 0 Å². The maximum atomic E-state index is 11.0. The molecule has 0 radical (unpaired) electrons. The summed E-state index contributed by atoms with van der Waals surface area (Å²) in [5.41, 5.74) is 2.92. The summed E-state index contributed by atoms with van der Waals surface area (Å²) in [6, 6.07) is 5.21. The van der Waals surface area contributed by atoms with Gasteiger partial charge in [0.25, 0.3) is 0 Å². The highest BCUT2D eigenvalue weighted by Gasteiger charge is 2.15. The van der Waals surface area contributed by atoms with E-state index < -0.39 is 0 Å². The number of carbonyl (C=O) groups is 1. The summed E-state index contributed by atoms with van der Waals surface area (Å²) in [5.74, 6) is 0. The summed E-state index contributed by atoms with van der Waals surface area (Å²) < 4.78 is 2.61. The number of nitrogens with zero attached hydrogens (tertiary/aromatic N) is 2. The Bertz CT molecular complexity index is 592. The van der Waals surface area contributed by atoms with Crippen LogP contribution >= 0.6 is 27.5 Å². The summed E-state index contributed by atoms with van der Waals surface area (Å²) in [5, 5.41) is 4.88. The summed E-state index contributed by atoms with van der Waals surface area (Å²) in [4.78, 5) is 11.0. The molecule has 2 aromatic rings. The van der Waals surface area contributed by atoms with E-state index in [1.807, 2.05) is 13.8 Å². The lowest BCUT2D eigenvalue weighted by molar-refractivity contribution is 0.112. The predicted molar refractivity (Wildman–Crippen MR) is 71.1 cm³/mol. The molecule has 1 heterocycles. The topological polar surface area (TPSA) is 34.9 Å². The van der Waals surface area contributed by atoms with Crippen molar-refractivity contribution in [3.8, 4) is 5.69 Å². The number of rotatable bonds is 2. The first-order chi connectivity index (χ1) is 8.06. The Morgan fingerprint density at radius 1 is 1.41 bits per heavy atom. The van der Waals surface area contributed by atoms with Crippen molar-refractivity contribution in [3.05, 3.63) is 44.6 Å². The first-order valence-electron chi connectivity index (χ1n) is 5.02. The molecule has 2 rings (SSSR count). The Morgan fingerprint density at radius 2 is 2.12 bits per heavy atom. The highest BCUT2D eigenvalue weighted by atomic mass is 79.9. The zero-order chi connectivity index (χ0) is 12.6. The van der Waals surface area contributed by atoms with Gasteiger partial charge >= 0.3 is 0 Å². The first kappa shape index (κ1) is 12.3. The second kappa shape index (κ2) is 4.63. The molecular weight excluding hydrogens is 304 g/mol. The van der Waals surface area contributed by atoms with E-state index in [1.165, 1.54) is 0 Å². The molecule has 1 aromatic heterocycles. The Morgan fingerprint density at radius 3 is 2.65 bits per heavy atom. The molecule has 0 bridgehead atoms. The molecule has 0 spiro atoms. The molecule has 1 aromatic carbocycles. The van der Waals surface area contributed by atoms with Crippen molar-refractivity contribution in [2.75, 3.05) is 0 Å². The monoisotopic (exact) mass is 312 g/mol. The average Bonchev–Trinajstić information content (AvgIpc) is 2.56. The van der Waals surface area contributed by atoms with Gasteiger partial charge in [0.2, 0.25) is 0 Å². The third-order valence-corrected chi connectivity index (χ3v) is 4.01. The van der Waals surface area contributed by atoms with Crippen molar-refractivity contribution < 1.29 is 4.79 Å². The number of para-hydroxylation sites is 1. The van der Waals surface area contributed by atoms with Crippen molar-refractivity contribution in [1.29, 1.82) is 0 Å². The maximum absolute atomic E-state index is 11.0. The molecule has 0 aliphatic carbocycles. The van der Waals surface area contributed by atoms with E-state index in [1.54, 1.807) is 22.9 Å². The van der Waals surface area contributed by atoms with Gasteiger partial charge in [0.05, 0.1) is 26.6 Å². The zero-order valence-electron chi connectivity index (χ0n) is 9.37. The minimum Gasteiger partial charge on any atom is -0.298 e. The number of aromatic nitrogens is 2. The molecule has 0 amide bonds. The quantitative estimate of drug-likeness (QED) is 0.792. The predicted octanol–water partition coefficient (Wildman–Crippen LogP) is 3.72. The lowest BCUT2D eigenvalue weighted by Crippen LogP contribution is -2.04. The second-order valence-electron chi connectivity index (χ2n) is 3.69. The molecule has 0 N–H and O–H groups in total. The molecule has 0 fully saturated rings. The van der Waals surface area contributed by atoms with Crippen molar-refractivity contribution >= 4 is 33.8 Å². The molecule has 0 saturated heterocycles. The van der Waals surface area contributed by atoms with E-state index in [9.17, 15) is 4.79 Å². The highest BCUT2D eigenvalue weighted by Crippen LogP contribution is 2.28. The molecule has 17 heavy (non-hydrogen) atoms. The largest absolute Gasteiger partial charge is 0.298 e. The van der Waals surface area contributed by atoms with Gasteiger partial charge in [-0.3, -0.25) is 4.79 Å². The van der Waals surface area contributed by atoms with Crippen LogP contribution in [-0.2, 0) is 0 Å². The maximum Gasteiger partial charge on any atom is 0.152 e. The van der Waals surface area contributed by atoms with Crippen LogP contribution < -0.4 is 0 Å². The van der Waals surface area contributed by atoms with Gasteiger partial charge in [-0.15, -0.1) is 0 Å². The van der Waals surface area contributed by atoms with Crippen LogP contribution in [0.15, 0.2) is 22.7 Å². The standard InChI is InChI=1S/C12H10BrClN2O/c1-7-11(13)8(2)16(15-7)12-9(6-17)4-3-5-10(12)14/h3-6H,1-2H3. The van der Waals surface area contributed by atoms with Crippen LogP contribution in [0.5, 0.6) is 0 Å². The number of halogens is 2. The number of hydrogen-bond donors (Lipinski definition) is 0. The van der Waals surface area contributed by atoms with Crippen LogP contribution in [0, 0.1) is 13.8 Å². The van der Waals surface area contributed by atoms with Crippen molar-refractivity contribution in [2.45, 2.75) is 13.8 Å². The van der Waals surface area contributed by atoms with E-state index >= 15 is 0 Å². The number of hydrogen-bond acceptors (Lipinski definition) is 2. The number of benzene rings is 1. The zero-order valence-corrected chi connectivity index (χ0v) is 11.7. The first-order valence-corrected chi connectivity index (χ1v) is 6.19. The third kappa shape index (κ3) is 2.03. The van der Waals surface area contributed by atoms with Crippen molar-refractivity contribution in [3.63, 3.8) is 0 Å². The van der Waals surface area contributed by atoms with E-state index in [2.05, 4.69) is 21.0 Å². The van der Waals surface area contributed by atoms with Gasteiger partial charge in [-0.2, -0.15) is 5.10 Å². The Kier molecular flexibility index (Phi) is 3.35. The lowest BCUT2D eigenvalue weighted by atomic mass is 10.2. The van der Waals surface area contributed by atoms with Crippen LogP contribution in [-0.4, -0.2) is 16.1 Å². The smallest absolute Gasteiger partial charge is 0.152 e. The fraction of sp³-hybridized carbons (Fsp3) is 0.167. The third-order valence-electron chi connectivity index (χ3n) is 2.56. The van der Waals surface area contributed by atoms with Gasteiger partial charge in [-0.25, -0.2) is 4.68 Å². The highest BCUT2D eigenvalue weighted by molar-refractivity contribution is 9.10. The molecule has 0 aliphatic heterocycles. The van der Waals surface area contributed by atoms with Crippen LogP contribution in [0.1, 0.15) is 21.7 Å². The van der Waals surface area contributed by atoms with Gasteiger partial charge in [-0.1, -0.05) is 17.7 Å². The van der Waals surface area contributed by atoms with E-state index in [4.69, 9.17) is 11.6 Å². The SMILES string of the molecule is Cc1nn(-c2c(Cl)cccc2C=O)c(C)c1Br. The molecule has 3 nitrogen and oxygen atoms in total. The lowest BCUT2D eigenvalue weighted by Gasteiger charge is -2.09. The number of aryl methyl sites for hydroxylation is 1. The fourth-order valence-corrected chi connectivity index (χ4v) is 2.20. The van der Waals surface area contributed by atoms with Crippen LogP contribution in [0.25, 0.3) is 5.69 Å². The summed E-state index contributed by atoms with van der Waals surface area (Å²) in [7, 11) is 0. The summed E-state index contributed by atoms with van der Waals surface area (Å²) >= 11 is 9.59. The van der Waals surface area contributed by atoms with E-state index in [0.29, 0.717) is 16.3 Å². The van der Waals surface area contributed by atoms with Gasteiger partial charge in [-0.05, 0) is 41.9 Å². The molecule has 0 saturated carbocycles. The van der Waals surface area contributed by atoms with E-state index in [-0.39, 0.29) is 0 Å². The van der Waals surface area contributed by atoms with Gasteiger partial charge < -0.3 is 0 Å². The number of carbonyl (C=O) groups excluding carboxylic acids is 1. The van der Waals surface area contributed by atoms with Crippen LogP contribution in [0.2, 0.25) is 5.02 Å². The van der Waals surface area contributed by atoms with Gasteiger partial charge in [0.1, 0.15) is 0 Å². The summed E-state index contributed by atoms with van der Waals surface area (Å²) in [6.07, 6.45) is 0.783. The molecule has 0 unspecified atom stereocenters. The molecule has 0 atom stereocenters. The molecule has 0 aliphatic rings. The normalized spacial score (nSPS) is 10.6. The van der Waals surface area contributed by atoms with Gasteiger partial charge in [0, 0.05) is 5.56 Å². The average molecular weight is 314 g/mol. The minimum atomic E-state index is 0.507.